The minimum absolute atomic E-state index is 0. The molecule has 0 radical (unpaired) electrons. The van der Waals surface area contributed by atoms with Crippen LogP contribution >= 0.6 is 23.7 Å². The average molecular weight is 385 g/mol. The predicted molar refractivity (Wildman–Crippen MR) is 111 cm³/mol. The van der Waals surface area contributed by atoms with E-state index in [0.29, 0.717) is 0 Å². The molecule has 2 aromatic carbocycles. The highest BCUT2D eigenvalue weighted by Gasteiger charge is 2.34. The van der Waals surface area contributed by atoms with E-state index in [1.807, 2.05) is 36.4 Å². The van der Waals surface area contributed by atoms with Crippen molar-refractivity contribution in [1.29, 1.82) is 0 Å². The Bertz CT molecular complexity index is 851. The van der Waals surface area contributed by atoms with Crippen molar-refractivity contribution in [3.05, 3.63) is 77.0 Å². The van der Waals surface area contributed by atoms with Crippen LogP contribution in [0, 0.1) is 5.92 Å². The highest BCUT2D eigenvalue weighted by Crippen LogP contribution is 2.32. The van der Waals surface area contributed by atoms with E-state index in [-0.39, 0.29) is 30.2 Å². The number of rotatable bonds is 4. The number of carbonyl (C=O) groups is 1. The smallest absolute Gasteiger partial charge is 0.229 e. The summed E-state index contributed by atoms with van der Waals surface area (Å²) in [5.74, 6) is 0.324. The van der Waals surface area contributed by atoms with Gasteiger partial charge in [-0.3, -0.25) is 4.79 Å². The number of carbonyl (C=O) groups excluding carboxylic acids is 1. The first kappa shape index (κ1) is 18.6. The molecule has 134 valence electrons. The van der Waals surface area contributed by atoms with Gasteiger partial charge < -0.3 is 10.6 Å². The summed E-state index contributed by atoms with van der Waals surface area (Å²) in [6, 6.07) is 22.4. The molecule has 0 saturated carbocycles. The number of anilines is 1. The Hall–Kier alpha value is -2.14. The third-order valence-electron chi connectivity index (χ3n) is 4.70. The van der Waals surface area contributed by atoms with Crippen LogP contribution in [0.2, 0.25) is 0 Å². The molecule has 2 N–H and O–H groups in total. The number of thiophene rings is 1. The largest absolute Gasteiger partial charge is 0.326 e. The van der Waals surface area contributed by atoms with Gasteiger partial charge in [-0.15, -0.1) is 23.7 Å². The van der Waals surface area contributed by atoms with E-state index >= 15 is 0 Å². The van der Waals surface area contributed by atoms with Crippen LogP contribution in [0.1, 0.15) is 10.8 Å². The summed E-state index contributed by atoms with van der Waals surface area (Å²) in [6.45, 7) is 1.59. The van der Waals surface area contributed by atoms with Crippen molar-refractivity contribution >= 4 is 35.3 Å². The summed E-state index contributed by atoms with van der Waals surface area (Å²) >= 11 is 1.73. The summed E-state index contributed by atoms with van der Waals surface area (Å²) in [7, 11) is 0. The molecule has 0 spiro atoms. The fourth-order valence-corrected chi connectivity index (χ4v) is 4.29. The van der Waals surface area contributed by atoms with Crippen molar-refractivity contribution in [2.24, 2.45) is 5.92 Å². The molecule has 3 nitrogen and oxygen atoms in total. The van der Waals surface area contributed by atoms with Crippen LogP contribution < -0.4 is 10.6 Å². The lowest BCUT2D eigenvalue weighted by molar-refractivity contribution is -0.119. The average Bonchev–Trinajstić information content (AvgIpc) is 3.34. The van der Waals surface area contributed by atoms with Crippen LogP contribution in [0.4, 0.5) is 5.69 Å². The van der Waals surface area contributed by atoms with Crippen molar-refractivity contribution in [2.75, 3.05) is 18.4 Å². The van der Waals surface area contributed by atoms with Gasteiger partial charge in [0.1, 0.15) is 0 Å². The molecule has 3 aromatic rings. The Morgan fingerprint density at radius 2 is 1.77 bits per heavy atom. The topological polar surface area (TPSA) is 41.1 Å². The summed E-state index contributed by atoms with van der Waals surface area (Å²) in [4.78, 5) is 14.1. The maximum Gasteiger partial charge on any atom is 0.229 e. The molecule has 4 rings (SSSR count). The van der Waals surface area contributed by atoms with Crippen molar-refractivity contribution in [2.45, 2.75) is 5.92 Å². The lowest BCUT2D eigenvalue weighted by Gasteiger charge is -2.17. The number of benzene rings is 2. The minimum Gasteiger partial charge on any atom is -0.326 e. The van der Waals surface area contributed by atoms with E-state index < -0.39 is 0 Å². The standard InChI is InChI=1S/C21H20N2OS.ClH/c24-21(19-14-22-13-18(19)20-10-5-11-25-20)23-17-9-4-8-16(12-17)15-6-2-1-3-7-15;/h1-12,18-19,22H,13-14H2,(H,23,24);1H/t18-,19-;/m1./s1. The van der Waals surface area contributed by atoms with Gasteiger partial charge in [-0.25, -0.2) is 0 Å². The molecule has 1 aliphatic heterocycles. The van der Waals surface area contributed by atoms with Crippen LogP contribution in [0.15, 0.2) is 72.1 Å². The Morgan fingerprint density at radius 3 is 2.54 bits per heavy atom. The predicted octanol–water partition coefficient (Wildman–Crippen LogP) is 4.78. The van der Waals surface area contributed by atoms with Gasteiger partial charge in [-0.05, 0) is 34.7 Å². The van der Waals surface area contributed by atoms with Gasteiger partial charge in [-0.2, -0.15) is 0 Å². The molecule has 1 aromatic heterocycles. The van der Waals surface area contributed by atoms with E-state index in [1.165, 1.54) is 4.88 Å². The molecule has 0 unspecified atom stereocenters. The van der Waals surface area contributed by atoms with E-state index in [9.17, 15) is 4.79 Å². The van der Waals surface area contributed by atoms with E-state index in [0.717, 1.165) is 29.9 Å². The van der Waals surface area contributed by atoms with Gasteiger partial charge in [-0.1, -0.05) is 48.5 Å². The Morgan fingerprint density at radius 1 is 0.962 bits per heavy atom. The molecule has 1 saturated heterocycles. The fourth-order valence-electron chi connectivity index (χ4n) is 3.40. The third kappa shape index (κ3) is 3.98. The van der Waals surface area contributed by atoms with Crippen LogP contribution in [0.3, 0.4) is 0 Å². The highest BCUT2D eigenvalue weighted by molar-refractivity contribution is 7.10. The van der Waals surface area contributed by atoms with Crippen LogP contribution in [0.5, 0.6) is 0 Å². The van der Waals surface area contributed by atoms with Crippen molar-refractivity contribution < 1.29 is 4.79 Å². The van der Waals surface area contributed by atoms with Gasteiger partial charge in [0.2, 0.25) is 5.91 Å². The number of nitrogens with one attached hydrogen (secondary N) is 2. The molecule has 2 heterocycles. The van der Waals surface area contributed by atoms with E-state index in [4.69, 9.17) is 0 Å². The Labute approximate surface area is 163 Å². The van der Waals surface area contributed by atoms with Crippen molar-refractivity contribution in [1.82, 2.24) is 5.32 Å². The molecule has 1 aliphatic rings. The Balaban J connectivity index is 0.00000196. The number of amides is 1. The van der Waals surface area contributed by atoms with Gasteiger partial charge in [0.05, 0.1) is 5.92 Å². The number of hydrogen-bond donors (Lipinski definition) is 2. The first-order valence-electron chi connectivity index (χ1n) is 8.52. The second-order valence-electron chi connectivity index (χ2n) is 6.32. The monoisotopic (exact) mass is 384 g/mol. The van der Waals surface area contributed by atoms with Gasteiger partial charge in [0.25, 0.3) is 0 Å². The second kappa shape index (κ2) is 8.49. The quantitative estimate of drug-likeness (QED) is 0.679. The summed E-state index contributed by atoms with van der Waals surface area (Å²) in [5.41, 5.74) is 3.11. The van der Waals surface area contributed by atoms with E-state index in [1.54, 1.807) is 11.3 Å². The summed E-state index contributed by atoms with van der Waals surface area (Å²) in [6.07, 6.45) is 0. The molecule has 2 atom stereocenters. The van der Waals surface area contributed by atoms with Crippen molar-refractivity contribution in [3.63, 3.8) is 0 Å². The number of hydrogen-bond acceptors (Lipinski definition) is 3. The first-order chi connectivity index (χ1) is 12.3. The lowest BCUT2D eigenvalue weighted by atomic mass is 9.93. The lowest BCUT2D eigenvalue weighted by Crippen LogP contribution is -2.27. The molecular weight excluding hydrogens is 364 g/mol. The second-order valence-corrected chi connectivity index (χ2v) is 7.30. The fraction of sp³-hybridized carbons (Fsp3) is 0.190. The molecule has 1 fully saturated rings. The molecule has 1 amide bonds. The molecular formula is C21H21ClN2OS. The van der Waals surface area contributed by atoms with Crippen molar-refractivity contribution in [3.8, 4) is 11.1 Å². The molecule has 0 aliphatic carbocycles. The zero-order chi connectivity index (χ0) is 17.1. The van der Waals surface area contributed by atoms with Crippen LogP contribution in [-0.2, 0) is 4.79 Å². The maximum atomic E-state index is 12.8. The zero-order valence-electron chi connectivity index (χ0n) is 14.2. The van der Waals surface area contributed by atoms with Crippen LogP contribution in [0.25, 0.3) is 11.1 Å². The minimum atomic E-state index is -0.0287. The third-order valence-corrected chi connectivity index (χ3v) is 5.70. The summed E-state index contributed by atoms with van der Waals surface area (Å²) in [5, 5.41) is 8.55. The summed E-state index contributed by atoms with van der Waals surface area (Å²) < 4.78 is 0. The first-order valence-corrected chi connectivity index (χ1v) is 9.40. The Kier molecular flexibility index (Phi) is 6.09. The van der Waals surface area contributed by atoms with E-state index in [2.05, 4.69) is 46.3 Å². The van der Waals surface area contributed by atoms with Gasteiger partial charge in [0, 0.05) is 29.6 Å². The number of halogens is 1. The zero-order valence-corrected chi connectivity index (χ0v) is 15.9. The molecule has 5 heteroatoms. The highest BCUT2D eigenvalue weighted by atomic mass is 35.5. The maximum absolute atomic E-state index is 12.8. The van der Waals surface area contributed by atoms with Gasteiger partial charge in [0.15, 0.2) is 0 Å². The normalized spacial score (nSPS) is 18.9. The van der Waals surface area contributed by atoms with Crippen LogP contribution in [-0.4, -0.2) is 19.0 Å². The molecule has 26 heavy (non-hydrogen) atoms. The SMILES string of the molecule is Cl.O=C(Nc1cccc(-c2ccccc2)c1)[C@@H]1CNC[C@H]1c1cccs1. The van der Waals surface area contributed by atoms with Gasteiger partial charge >= 0.3 is 0 Å². The molecule has 0 bridgehead atoms.